The van der Waals surface area contributed by atoms with Crippen molar-refractivity contribution in [1.82, 2.24) is 0 Å². The number of aliphatic imine (C=N–C) groups is 2. The van der Waals surface area contributed by atoms with Crippen molar-refractivity contribution in [2.45, 2.75) is 13.8 Å². The fourth-order valence-electron chi connectivity index (χ4n) is 1.23. The Hall–Kier alpha value is -2.85. The highest BCUT2D eigenvalue weighted by Gasteiger charge is 2.15. The van der Waals surface area contributed by atoms with Crippen molar-refractivity contribution >= 4 is 18.1 Å². The van der Waals surface area contributed by atoms with Crippen molar-refractivity contribution in [3.8, 4) is 0 Å². The molecule has 0 aliphatic rings. The van der Waals surface area contributed by atoms with Gasteiger partial charge in [-0.2, -0.15) is 0 Å². The second kappa shape index (κ2) is 11.9. The molecule has 0 saturated carbocycles. The van der Waals surface area contributed by atoms with Gasteiger partial charge in [-0.25, -0.2) is 14.4 Å². The van der Waals surface area contributed by atoms with Crippen LogP contribution in [0.4, 0.5) is 0 Å². The molecule has 0 heterocycles. The Labute approximate surface area is 127 Å². The minimum Gasteiger partial charge on any atom is -0.462 e. The van der Waals surface area contributed by atoms with Gasteiger partial charge in [0, 0.05) is 0 Å². The van der Waals surface area contributed by atoms with Crippen molar-refractivity contribution in [3.63, 3.8) is 0 Å². The Balaban J connectivity index is 0.000000518. The lowest BCUT2D eigenvalue weighted by atomic mass is 10.2. The molecule has 1 N–H and O–H groups in total. The van der Waals surface area contributed by atoms with E-state index in [1.807, 2.05) is 18.2 Å². The number of hydrogen-bond acceptors (Lipinski definition) is 7. The molecule has 0 radical (unpaired) electrons. The topological polar surface area (TPSA) is 105 Å². The molecule has 1 aromatic rings. The van der Waals surface area contributed by atoms with Crippen LogP contribution >= 0.6 is 0 Å². The molecule has 116 valence electrons. The summed E-state index contributed by atoms with van der Waals surface area (Å²) in [5.41, 5.74) is 0.922. The van der Waals surface area contributed by atoms with E-state index in [4.69, 9.17) is 5.11 Å². The van der Waals surface area contributed by atoms with Gasteiger partial charge in [0.2, 0.25) is 12.2 Å². The second-order valence-electron chi connectivity index (χ2n) is 3.74. The molecule has 0 aromatic heterocycles. The number of carbonyl (C=O) groups excluding carboxylic acids is 3. The van der Waals surface area contributed by atoms with Gasteiger partial charge in [-0.05, 0) is 13.8 Å². The van der Waals surface area contributed by atoms with Gasteiger partial charge in [-0.15, -0.1) is 9.98 Å². The van der Waals surface area contributed by atoms with E-state index in [0.29, 0.717) is 0 Å². The van der Waals surface area contributed by atoms with Crippen molar-refractivity contribution < 1.29 is 24.2 Å². The van der Waals surface area contributed by atoms with E-state index in [-0.39, 0.29) is 6.61 Å². The highest BCUT2D eigenvalue weighted by molar-refractivity contribution is 5.89. The van der Waals surface area contributed by atoms with Crippen molar-refractivity contribution in [3.05, 3.63) is 47.3 Å². The van der Waals surface area contributed by atoms with E-state index >= 15 is 0 Å². The molecule has 0 aliphatic carbocycles. The summed E-state index contributed by atoms with van der Waals surface area (Å²) in [6.45, 7) is 2.95. The Kier molecular flexibility index (Phi) is 10.4. The van der Waals surface area contributed by atoms with Gasteiger partial charge in [-0.1, -0.05) is 35.9 Å². The quantitative estimate of drug-likeness (QED) is 0.383. The summed E-state index contributed by atoms with van der Waals surface area (Å²) in [6.07, 6.45) is 2.18. The zero-order chi connectivity index (χ0) is 16.8. The summed E-state index contributed by atoms with van der Waals surface area (Å²) < 4.78 is 4.53. The van der Waals surface area contributed by atoms with Crippen LogP contribution in [-0.2, 0) is 19.1 Å². The van der Waals surface area contributed by atoms with E-state index in [1.54, 1.807) is 6.92 Å². The van der Waals surface area contributed by atoms with Gasteiger partial charge in [0.05, 0.1) is 13.2 Å². The molecule has 0 amide bonds. The number of aliphatic hydroxyl groups is 1. The zero-order valence-corrected chi connectivity index (χ0v) is 12.3. The number of ether oxygens (including phenoxy) is 1. The number of benzene rings is 1. The Morgan fingerprint density at radius 2 is 1.73 bits per heavy atom. The van der Waals surface area contributed by atoms with Gasteiger partial charge in [0.15, 0.2) is 5.82 Å². The number of carbonyl (C=O) groups is 1. The van der Waals surface area contributed by atoms with Crippen LogP contribution in [0.15, 0.2) is 51.7 Å². The molecule has 0 saturated heterocycles. The predicted molar refractivity (Wildman–Crippen MR) is 78.2 cm³/mol. The Bertz CT molecular complexity index is 578. The summed E-state index contributed by atoms with van der Waals surface area (Å²) in [5, 5.41) is 8.81. The number of rotatable bonds is 5. The van der Waals surface area contributed by atoms with Crippen LogP contribution < -0.4 is 0 Å². The van der Waals surface area contributed by atoms with Crippen LogP contribution in [0.2, 0.25) is 0 Å². The largest absolute Gasteiger partial charge is 0.462 e. The van der Waals surface area contributed by atoms with Crippen LogP contribution in [0.25, 0.3) is 0 Å². The van der Waals surface area contributed by atoms with Crippen LogP contribution in [0.5, 0.6) is 0 Å². The molecule has 0 fully saturated rings. The van der Waals surface area contributed by atoms with Crippen LogP contribution in [0.1, 0.15) is 12.5 Å². The second-order valence-corrected chi connectivity index (χ2v) is 3.74. The number of hydrogen-bond donors (Lipinski definition) is 1. The third-order valence-electron chi connectivity index (χ3n) is 2.19. The predicted octanol–water partition coefficient (Wildman–Crippen LogP) is 1.42. The lowest BCUT2D eigenvalue weighted by Crippen LogP contribution is -2.12. The van der Waals surface area contributed by atoms with E-state index in [0.717, 1.165) is 12.2 Å². The average molecular weight is 304 g/mol. The maximum absolute atomic E-state index is 11.1. The summed E-state index contributed by atoms with van der Waals surface area (Å²) in [7, 11) is 0. The minimum absolute atomic E-state index is 0.0746. The summed E-state index contributed by atoms with van der Waals surface area (Å²) in [4.78, 5) is 37.0. The number of esters is 1. The Morgan fingerprint density at radius 1 is 1.18 bits per heavy atom. The monoisotopic (exact) mass is 304 g/mol. The van der Waals surface area contributed by atoms with Crippen molar-refractivity contribution in [2.24, 2.45) is 9.98 Å². The molecule has 0 bridgehead atoms. The van der Waals surface area contributed by atoms with E-state index in [1.165, 1.54) is 5.56 Å². The minimum atomic E-state index is -0.909. The zero-order valence-electron chi connectivity index (χ0n) is 12.3. The standard InChI is InChI=1S/C8H8N2O5.C7H8/c1-2-15-8(14)6(3-11)7(9-4-12)10-5-13;1-7-5-3-2-4-6-7/h11H,2-3H2,1H3;2-6H,1H3. The number of aliphatic hydroxyl groups excluding tert-OH is 1. The number of aryl methyl sites for hydroxylation is 1. The molecular formula is C15H16N2O5. The molecule has 0 aliphatic heterocycles. The molecule has 0 atom stereocenters. The summed E-state index contributed by atoms with van der Waals surface area (Å²) in [6, 6.07) is 10.3. The van der Waals surface area contributed by atoms with Gasteiger partial charge in [-0.3, -0.25) is 0 Å². The van der Waals surface area contributed by atoms with Gasteiger partial charge >= 0.3 is 5.97 Å². The lowest BCUT2D eigenvalue weighted by molar-refractivity contribution is -0.139. The molecule has 7 heteroatoms. The maximum atomic E-state index is 11.1. The van der Waals surface area contributed by atoms with Gasteiger partial charge in [0.25, 0.3) is 0 Å². The van der Waals surface area contributed by atoms with E-state index < -0.39 is 24.0 Å². The third-order valence-corrected chi connectivity index (χ3v) is 2.19. The first kappa shape index (κ1) is 19.2. The molecular weight excluding hydrogens is 288 g/mol. The Morgan fingerprint density at radius 3 is 2.05 bits per heavy atom. The first-order valence-electron chi connectivity index (χ1n) is 6.29. The molecule has 0 spiro atoms. The summed E-state index contributed by atoms with van der Waals surface area (Å²) in [5.74, 6) is -1.46. The van der Waals surface area contributed by atoms with Crippen LogP contribution in [0, 0.1) is 6.92 Å². The molecule has 7 nitrogen and oxygen atoms in total. The number of nitrogens with zero attached hydrogens (tertiary/aromatic N) is 2. The number of isocyanates is 2. The normalized spacial score (nSPS) is 8.32. The highest BCUT2D eigenvalue weighted by Crippen LogP contribution is 2.08. The van der Waals surface area contributed by atoms with E-state index in [9.17, 15) is 14.4 Å². The van der Waals surface area contributed by atoms with Gasteiger partial charge < -0.3 is 9.84 Å². The molecule has 0 unspecified atom stereocenters. The summed E-state index contributed by atoms with van der Waals surface area (Å²) >= 11 is 0. The fraction of sp³-hybridized carbons (Fsp3) is 0.267. The van der Waals surface area contributed by atoms with Crippen LogP contribution in [0.3, 0.4) is 0 Å². The van der Waals surface area contributed by atoms with E-state index in [2.05, 4.69) is 33.8 Å². The SMILES string of the molecule is CCOC(=O)C(CO)=C(N=C=O)N=C=O.Cc1ccccc1. The van der Waals surface area contributed by atoms with Gasteiger partial charge in [0.1, 0.15) is 5.57 Å². The average Bonchev–Trinajstić information content (AvgIpc) is 2.50. The maximum Gasteiger partial charge on any atom is 0.340 e. The highest BCUT2D eigenvalue weighted by atomic mass is 16.5. The smallest absolute Gasteiger partial charge is 0.340 e. The molecule has 1 rings (SSSR count). The lowest BCUT2D eigenvalue weighted by Gasteiger charge is -2.03. The van der Waals surface area contributed by atoms with Crippen molar-refractivity contribution in [1.29, 1.82) is 0 Å². The molecule has 1 aromatic carbocycles. The fourth-order valence-corrected chi connectivity index (χ4v) is 1.23. The van der Waals surface area contributed by atoms with Crippen LogP contribution in [-0.4, -0.2) is 36.4 Å². The van der Waals surface area contributed by atoms with Crippen molar-refractivity contribution in [2.75, 3.05) is 13.2 Å². The first-order chi connectivity index (χ1) is 10.6. The third kappa shape index (κ3) is 7.67. The first-order valence-corrected chi connectivity index (χ1v) is 6.29. The molecule has 22 heavy (non-hydrogen) atoms.